The van der Waals surface area contributed by atoms with Crippen molar-refractivity contribution in [3.05, 3.63) is 29.3 Å². The van der Waals surface area contributed by atoms with Crippen LogP contribution >= 0.6 is 0 Å². The highest BCUT2D eigenvalue weighted by atomic mass is 16.6. The highest BCUT2D eigenvalue weighted by Gasteiger charge is 2.31. The van der Waals surface area contributed by atoms with E-state index in [2.05, 4.69) is 10.6 Å². The Balaban J connectivity index is 2.70. The van der Waals surface area contributed by atoms with Gasteiger partial charge in [-0.05, 0) is 46.2 Å². The molecule has 1 aromatic rings. The second-order valence-electron chi connectivity index (χ2n) is 7.24. The Labute approximate surface area is 148 Å². The van der Waals surface area contributed by atoms with Crippen LogP contribution in [0.4, 0.5) is 4.79 Å². The van der Waals surface area contributed by atoms with Crippen LogP contribution in [0.25, 0.3) is 0 Å². The Morgan fingerprint density at radius 1 is 1.16 bits per heavy atom. The molecule has 0 spiro atoms. The standard InChI is InChI=1S/C18H28N2O5/c1-17(2,3)25-16(23)20-18(4,5)15(22)19-10-13-8-7-12(11-21)9-14(13)24-6/h7-9,21H,10-11H2,1-6H3,(H,19,22)(H,20,23). The lowest BCUT2D eigenvalue weighted by molar-refractivity contribution is -0.126. The first-order valence-electron chi connectivity index (χ1n) is 8.04. The molecular weight excluding hydrogens is 324 g/mol. The summed E-state index contributed by atoms with van der Waals surface area (Å²) >= 11 is 0. The van der Waals surface area contributed by atoms with Crippen LogP contribution in [0.1, 0.15) is 45.7 Å². The number of carbonyl (C=O) groups is 2. The fraction of sp³-hybridized carbons (Fsp3) is 0.556. The number of rotatable bonds is 6. The lowest BCUT2D eigenvalue weighted by atomic mass is 10.0. The number of benzene rings is 1. The second kappa shape index (κ2) is 8.20. The predicted octanol–water partition coefficient (Wildman–Crippen LogP) is 2.11. The number of hydrogen-bond donors (Lipinski definition) is 3. The normalized spacial score (nSPS) is 11.6. The molecule has 0 saturated carbocycles. The number of alkyl carbamates (subject to hydrolysis) is 1. The number of hydrogen-bond acceptors (Lipinski definition) is 5. The molecule has 7 nitrogen and oxygen atoms in total. The third-order valence-corrected chi connectivity index (χ3v) is 3.35. The van der Waals surface area contributed by atoms with Crippen molar-refractivity contribution in [3.8, 4) is 5.75 Å². The molecule has 7 heteroatoms. The minimum atomic E-state index is -1.14. The highest BCUT2D eigenvalue weighted by Crippen LogP contribution is 2.20. The van der Waals surface area contributed by atoms with Crippen molar-refractivity contribution in [3.63, 3.8) is 0 Å². The van der Waals surface area contributed by atoms with Crippen molar-refractivity contribution < 1.29 is 24.2 Å². The van der Waals surface area contributed by atoms with Gasteiger partial charge in [-0.15, -0.1) is 0 Å². The number of aliphatic hydroxyl groups is 1. The van der Waals surface area contributed by atoms with Crippen molar-refractivity contribution in [1.29, 1.82) is 0 Å². The number of ether oxygens (including phenoxy) is 2. The third-order valence-electron chi connectivity index (χ3n) is 3.35. The molecule has 25 heavy (non-hydrogen) atoms. The Bertz CT molecular complexity index is 620. The van der Waals surface area contributed by atoms with Crippen LogP contribution in [0.15, 0.2) is 18.2 Å². The summed E-state index contributed by atoms with van der Waals surface area (Å²) in [5.41, 5.74) is -0.293. The zero-order chi connectivity index (χ0) is 19.3. The van der Waals surface area contributed by atoms with Gasteiger partial charge in [0.25, 0.3) is 0 Å². The zero-order valence-corrected chi connectivity index (χ0v) is 15.7. The van der Waals surface area contributed by atoms with Gasteiger partial charge in [0.1, 0.15) is 16.9 Å². The zero-order valence-electron chi connectivity index (χ0n) is 15.7. The fourth-order valence-electron chi connectivity index (χ4n) is 2.05. The van der Waals surface area contributed by atoms with Crippen LogP contribution in [0.3, 0.4) is 0 Å². The maximum absolute atomic E-state index is 12.4. The van der Waals surface area contributed by atoms with Gasteiger partial charge < -0.3 is 25.2 Å². The van der Waals surface area contributed by atoms with Crippen molar-refractivity contribution >= 4 is 12.0 Å². The first kappa shape index (κ1) is 20.8. The first-order valence-corrected chi connectivity index (χ1v) is 8.04. The average Bonchev–Trinajstić information content (AvgIpc) is 2.49. The molecule has 2 amide bonds. The molecule has 3 N–H and O–H groups in total. The summed E-state index contributed by atoms with van der Waals surface area (Å²) in [7, 11) is 1.52. The molecule has 140 valence electrons. The molecule has 1 rings (SSSR count). The van der Waals surface area contributed by atoms with Gasteiger partial charge in [-0.1, -0.05) is 12.1 Å². The van der Waals surface area contributed by atoms with Crippen LogP contribution in [0, 0.1) is 0 Å². The maximum Gasteiger partial charge on any atom is 0.408 e. The average molecular weight is 352 g/mol. The molecule has 0 atom stereocenters. The van der Waals surface area contributed by atoms with Crippen LogP contribution in [0.2, 0.25) is 0 Å². The fourth-order valence-corrected chi connectivity index (χ4v) is 2.05. The molecule has 0 heterocycles. The lowest BCUT2D eigenvalue weighted by Crippen LogP contribution is -2.55. The van der Waals surface area contributed by atoms with E-state index in [9.17, 15) is 9.59 Å². The highest BCUT2D eigenvalue weighted by molar-refractivity contribution is 5.89. The van der Waals surface area contributed by atoms with E-state index in [0.717, 1.165) is 11.1 Å². The molecule has 0 aliphatic rings. The predicted molar refractivity (Wildman–Crippen MR) is 94.2 cm³/mol. The molecule has 0 radical (unpaired) electrons. The van der Waals surface area contributed by atoms with Gasteiger partial charge >= 0.3 is 6.09 Å². The van der Waals surface area contributed by atoms with E-state index in [1.54, 1.807) is 52.8 Å². The van der Waals surface area contributed by atoms with Crippen LogP contribution in [0.5, 0.6) is 5.75 Å². The van der Waals surface area contributed by atoms with Gasteiger partial charge in [0, 0.05) is 12.1 Å². The summed E-state index contributed by atoms with van der Waals surface area (Å²) < 4.78 is 10.4. The monoisotopic (exact) mass is 352 g/mol. The van der Waals surface area contributed by atoms with Crippen LogP contribution < -0.4 is 15.4 Å². The molecule has 0 aliphatic carbocycles. The topological polar surface area (TPSA) is 96.9 Å². The number of carbonyl (C=O) groups excluding carboxylic acids is 2. The smallest absolute Gasteiger partial charge is 0.408 e. The molecule has 0 unspecified atom stereocenters. The van der Waals surface area contributed by atoms with E-state index in [4.69, 9.17) is 14.6 Å². The second-order valence-corrected chi connectivity index (χ2v) is 7.24. The van der Waals surface area contributed by atoms with Gasteiger partial charge in [-0.2, -0.15) is 0 Å². The Kier molecular flexibility index (Phi) is 6.81. The van der Waals surface area contributed by atoms with E-state index in [0.29, 0.717) is 5.75 Å². The van der Waals surface area contributed by atoms with E-state index in [1.165, 1.54) is 7.11 Å². The van der Waals surface area contributed by atoms with Crippen molar-refractivity contribution in [2.24, 2.45) is 0 Å². The number of nitrogens with one attached hydrogen (secondary N) is 2. The van der Waals surface area contributed by atoms with Gasteiger partial charge in [0.05, 0.1) is 13.7 Å². The largest absolute Gasteiger partial charge is 0.496 e. The molecule has 0 bridgehead atoms. The van der Waals surface area contributed by atoms with Crippen molar-refractivity contribution in [2.75, 3.05) is 7.11 Å². The summed E-state index contributed by atoms with van der Waals surface area (Å²) in [4.78, 5) is 24.3. The van der Waals surface area contributed by atoms with E-state index in [-0.39, 0.29) is 19.1 Å². The quantitative estimate of drug-likeness (QED) is 0.728. The maximum atomic E-state index is 12.4. The number of amides is 2. The van der Waals surface area contributed by atoms with Crippen LogP contribution in [-0.4, -0.2) is 35.4 Å². The summed E-state index contributed by atoms with van der Waals surface area (Å²) in [6, 6.07) is 5.25. The third kappa shape index (κ3) is 6.62. The van der Waals surface area contributed by atoms with E-state index in [1.807, 2.05) is 0 Å². The van der Waals surface area contributed by atoms with Gasteiger partial charge in [0.15, 0.2) is 0 Å². The minimum Gasteiger partial charge on any atom is -0.496 e. The summed E-state index contributed by atoms with van der Waals surface area (Å²) in [5, 5.41) is 14.5. The molecule has 0 fully saturated rings. The Morgan fingerprint density at radius 2 is 1.80 bits per heavy atom. The van der Waals surface area contributed by atoms with Crippen LogP contribution in [-0.2, 0) is 22.7 Å². The summed E-state index contributed by atoms with van der Waals surface area (Å²) in [6.07, 6.45) is -0.655. The summed E-state index contributed by atoms with van der Waals surface area (Å²) in [5.74, 6) is 0.219. The van der Waals surface area contributed by atoms with Crippen molar-refractivity contribution in [2.45, 2.75) is 58.9 Å². The number of methoxy groups -OCH3 is 1. The van der Waals surface area contributed by atoms with Gasteiger partial charge in [-0.3, -0.25) is 4.79 Å². The lowest BCUT2D eigenvalue weighted by Gasteiger charge is -2.27. The molecule has 0 aromatic heterocycles. The molecule has 0 saturated heterocycles. The van der Waals surface area contributed by atoms with E-state index >= 15 is 0 Å². The first-order chi connectivity index (χ1) is 11.5. The molecular formula is C18H28N2O5. The van der Waals surface area contributed by atoms with Gasteiger partial charge in [0.2, 0.25) is 5.91 Å². The van der Waals surface area contributed by atoms with E-state index < -0.39 is 17.2 Å². The minimum absolute atomic E-state index is 0.0875. The number of aliphatic hydroxyl groups excluding tert-OH is 1. The Morgan fingerprint density at radius 3 is 2.32 bits per heavy atom. The molecule has 0 aliphatic heterocycles. The summed E-state index contributed by atoms with van der Waals surface area (Å²) in [6.45, 7) is 8.59. The van der Waals surface area contributed by atoms with Gasteiger partial charge in [-0.25, -0.2) is 4.79 Å². The van der Waals surface area contributed by atoms with Crippen molar-refractivity contribution in [1.82, 2.24) is 10.6 Å². The molecule has 1 aromatic carbocycles. The Hall–Kier alpha value is -2.28. The SMILES string of the molecule is COc1cc(CO)ccc1CNC(=O)C(C)(C)NC(=O)OC(C)(C)C.